The van der Waals surface area contributed by atoms with Gasteiger partial charge in [-0.15, -0.1) is 0 Å². The molecule has 0 saturated carbocycles. The van der Waals surface area contributed by atoms with Gasteiger partial charge in [-0.3, -0.25) is 4.79 Å². The van der Waals surface area contributed by atoms with Crippen LogP contribution in [0.25, 0.3) is 0 Å². The van der Waals surface area contributed by atoms with E-state index in [1.165, 1.54) is 0 Å². The second-order valence-corrected chi connectivity index (χ2v) is 4.00. The Kier molecular flexibility index (Phi) is 3.14. The molecule has 5 nitrogen and oxygen atoms in total. The first-order valence-electron chi connectivity index (χ1n) is 5.45. The molecule has 0 atom stereocenters. The first-order chi connectivity index (χ1) is 8.56. The van der Waals surface area contributed by atoms with Gasteiger partial charge in [-0.25, -0.2) is 4.98 Å². The van der Waals surface area contributed by atoms with Gasteiger partial charge in [0.1, 0.15) is 5.82 Å². The molecule has 18 heavy (non-hydrogen) atoms. The molecule has 0 aliphatic heterocycles. The fourth-order valence-electron chi connectivity index (χ4n) is 1.58. The van der Waals surface area contributed by atoms with Gasteiger partial charge in [0, 0.05) is 11.3 Å². The minimum absolute atomic E-state index is 0.441. The second kappa shape index (κ2) is 4.75. The van der Waals surface area contributed by atoms with Crippen molar-refractivity contribution in [2.75, 3.05) is 11.1 Å². The molecule has 0 radical (unpaired) electrons. The Hall–Kier alpha value is -2.56. The number of hydrogen-bond acceptors (Lipinski definition) is 4. The number of nitrogen functional groups attached to an aromatic ring is 1. The van der Waals surface area contributed by atoms with Crippen LogP contribution in [0.15, 0.2) is 36.5 Å². The Morgan fingerprint density at radius 2 is 1.94 bits per heavy atom. The first-order valence-corrected chi connectivity index (χ1v) is 5.45. The van der Waals surface area contributed by atoms with Crippen molar-refractivity contribution in [2.24, 2.45) is 5.73 Å². The van der Waals surface area contributed by atoms with Crippen LogP contribution in [-0.2, 0) is 0 Å². The van der Waals surface area contributed by atoms with E-state index in [1.54, 1.807) is 30.5 Å². The minimum atomic E-state index is -0.441. The molecule has 0 aliphatic carbocycles. The van der Waals surface area contributed by atoms with Crippen LogP contribution in [0.2, 0.25) is 0 Å². The van der Waals surface area contributed by atoms with Crippen molar-refractivity contribution in [1.29, 1.82) is 0 Å². The lowest BCUT2D eigenvalue weighted by molar-refractivity contribution is 0.100. The number of anilines is 3. The highest BCUT2D eigenvalue weighted by Gasteiger charge is 2.03. The number of carbonyl (C=O) groups is 1. The predicted molar refractivity (Wildman–Crippen MR) is 71.6 cm³/mol. The predicted octanol–water partition coefficient (Wildman–Crippen LogP) is 1.81. The van der Waals surface area contributed by atoms with Gasteiger partial charge in [-0.2, -0.15) is 0 Å². The van der Waals surface area contributed by atoms with E-state index in [0.717, 1.165) is 17.1 Å². The summed E-state index contributed by atoms with van der Waals surface area (Å²) in [5.74, 6) is 0.291. The molecule has 1 heterocycles. The lowest BCUT2D eigenvalue weighted by atomic mass is 10.2. The maximum absolute atomic E-state index is 10.9. The zero-order valence-corrected chi connectivity index (χ0v) is 9.97. The number of nitrogens with zero attached hydrogens (tertiary/aromatic N) is 1. The molecule has 0 bridgehead atoms. The number of nitrogens with one attached hydrogen (secondary N) is 1. The van der Waals surface area contributed by atoms with Crippen LogP contribution in [0.1, 0.15) is 15.9 Å². The summed E-state index contributed by atoms with van der Waals surface area (Å²) in [6, 6.07) is 8.72. The molecule has 1 aromatic carbocycles. The Morgan fingerprint density at radius 1 is 1.28 bits per heavy atom. The Morgan fingerprint density at radius 3 is 2.50 bits per heavy atom. The fourth-order valence-corrected chi connectivity index (χ4v) is 1.58. The summed E-state index contributed by atoms with van der Waals surface area (Å²) in [6.45, 7) is 1.92. The van der Waals surface area contributed by atoms with E-state index in [-0.39, 0.29) is 0 Å². The fraction of sp³-hybridized carbons (Fsp3) is 0.0769. The lowest BCUT2D eigenvalue weighted by Crippen LogP contribution is -2.10. The molecule has 5 heteroatoms. The largest absolute Gasteiger partial charge is 0.397 e. The van der Waals surface area contributed by atoms with Crippen molar-refractivity contribution in [3.05, 3.63) is 47.7 Å². The van der Waals surface area contributed by atoms with E-state index in [4.69, 9.17) is 11.5 Å². The number of aromatic nitrogens is 1. The molecule has 2 aromatic rings. The van der Waals surface area contributed by atoms with Gasteiger partial charge in [0.2, 0.25) is 5.91 Å². The van der Waals surface area contributed by atoms with E-state index in [1.807, 2.05) is 13.0 Å². The smallest absolute Gasteiger partial charge is 0.248 e. The Bertz CT molecular complexity index is 578. The molecule has 0 aliphatic rings. The average Bonchev–Trinajstić information content (AvgIpc) is 2.33. The minimum Gasteiger partial charge on any atom is -0.397 e. The van der Waals surface area contributed by atoms with E-state index in [2.05, 4.69) is 10.3 Å². The van der Waals surface area contributed by atoms with E-state index in [9.17, 15) is 4.79 Å². The standard InChI is InChI=1S/C13H14N4O/c1-8-6-10(14)7-16-13(8)17-11-4-2-9(3-5-11)12(15)18/h2-7H,14H2,1H3,(H2,15,18)(H,16,17). The quantitative estimate of drug-likeness (QED) is 0.765. The molecule has 0 fully saturated rings. The number of hydrogen-bond donors (Lipinski definition) is 3. The van der Waals surface area contributed by atoms with E-state index < -0.39 is 5.91 Å². The number of benzene rings is 1. The van der Waals surface area contributed by atoms with Crippen LogP contribution in [-0.4, -0.2) is 10.9 Å². The number of nitrogens with two attached hydrogens (primary N) is 2. The molecular formula is C13H14N4O. The topological polar surface area (TPSA) is 94.0 Å². The third kappa shape index (κ3) is 2.57. The van der Waals surface area contributed by atoms with Gasteiger partial charge in [-0.05, 0) is 42.8 Å². The van der Waals surface area contributed by atoms with Crippen molar-refractivity contribution in [3.8, 4) is 0 Å². The molecule has 5 N–H and O–H groups in total. The van der Waals surface area contributed by atoms with Gasteiger partial charge in [0.25, 0.3) is 0 Å². The number of pyridine rings is 1. The third-order valence-corrected chi connectivity index (χ3v) is 2.53. The average molecular weight is 242 g/mol. The van der Waals surface area contributed by atoms with Crippen LogP contribution in [0, 0.1) is 6.92 Å². The summed E-state index contributed by atoms with van der Waals surface area (Å²) in [6.07, 6.45) is 1.59. The first kappa shape index (κ1) is 11.9. The van der Waals surface area contributed by atoms with Crippen molar-refractivity contribution in [2.45, 2.75) is 6.92 Å². The van der Waals surface area contributed by atoms with Crippen LogP contribution in [0.5, 0.6) is 0 Å². The number of aryl methyl sites for hydroxylation is 1. The zero-order chi connectivity index (χ0) is 13.1. The van der Waals surface area contributed by atoms with Crippen LogP contribution < -0.4 is 16.8 Å². The van der Waals surface area contributed by atoms with E-state index in [0.29, 0.717) is 11.3 Å². The highest BCUT2D eigenvalue weighted by molar-refractivity contribution is 5.93. The Balaban J connectivity index is 2.21. The number of rotatable bonds is 3. The molecule has 92 valence electrons. The highest BCUT2D eigenvalue weighted by Crippen LogP contribution is 2.19. The van der Waals surface area contributed by atoms with Crippen molar-refractivity contribution < 1.29 is 4.79 Å². The molecule has 0 unspecified atom stereocenters. The van der Waals surface area contributed by atoms with Crippen molar-refractivity contribution >= 4 is 23.1 Å². The molecule has 1 amide bonds. The van der Waals surface area contributed by atoms with Crippen LogP contribution >= 0.6 is 0 Å². The molecule has 1 aromatic heterocycles. The van der Waals surface area contributed by atoms with Gasteiger partial charge >= 0.3 is 0 Å². The maximum atomic E-state index is 10.9. The zero-order valence-electron chi connectivity index (χ0n) is 9.97. The van der Waals surface area contributed by atoms with Crippen molar-refractivity contribution in [3.63, 3.8) is 0 Å². The van der Waals surface area contributed by atoms with E-state index >= 15 is 0 Å². The van der Waals surface area contributed by atoms with Gasteiger partial charge in [0.15, 0.2) is 0 Å². The van der Waals surface area contributed by atoms with Crippen LogP contribution in [0.4, 0.5) is 17.2 Å². The summed E-state index contributed by atoms with van der Waals surface area (Å²) < 4.78 is 0. The van der Waals surface area contributed by atoms with Gasteiger partial charge in [0.05, 0.1) is 11.9 Å². The number of primary amides is 1. The summed E-state index contributed by atoms with van der Waals surface area (Å²) >= 11 is 0. The Labute approximate surface area is 105 Å². The second-order valence-electron chi connectivity index (χ2n) is 4.00. The van der Waals surface area contributed by atoms with Crippen LogP contribution in [0.3, 0.4) is 0 Å². The molecule has 0 spiro atoms. The summed E-state index contributed by atoms with van der Waals surface area (Å²) in [4.78, 5) is 15.1. The SMILES string of the molecule is Cc1cc(N)cnc1Nc1ccc(C(N)=O)cc1. The molecule has 0 saturated heterocycles. The highest BCUT2D eigenvalue weighted by atomic mass is 16.1. The normalized spacial score (nSPS) is 10.1. The lowest BCUT2D eigenvalue weighted by Gasteiger charge is -2.09. The maximum Gasteiger partial charge on any atom is 0.248 e. The molecular weight excluding hydrogens is 228 g/mol. The summed E-state index contributed by atoms with van der Waals surface area (Å²) in [5.41, 5.74) is 13.7. The third-order valence-electron chi connectivity index (χ3n) is 2.53. The van der Waals surface area contributed by atoms with Gasteiger partial charge in [-0.1, -0.05) is 0 Å². The summed E-state index contributed by atoms with van der Waals surface area (Å²) in [5, 5.41) is 3.15. The number of amides is 1. The van der Waals surface area contributed by atoms with Crippen molar-refractivity contribution in [1.82, 2.24) is 4.98 Å². The molecule has 2 rings (SSSR count). The summed E-state index contributed by atoms with van der Waals surface area (Å²) in [7, 11) is 0. The monoisotopic (exact) mass is 242 g/mol. The number of carbonyl (C=O) groups excluding carboxylic acids is 1. The van der Waals surface area contributed by atoms with Gasteiger partial charge < -0.3 is 16.8 Å².